The Morgan fingerprint density at radius 3 is 2.54 bits per heavy atom. The smallest absolute Gasteiger partial charge is 0.251 e. The van der Waals surface area contributed by atoms with E-state index >= 15 is 0 Å². The van der Waals surface area contributed by atoms with Crippen LogP contribution in [0.5, 0.6) is 0 Å². The first-order valence-electron chi connectivity index (χ1n) is 7.37. The zero-order valence-corrected chi connectivity index (χ0v) is 14.8. The lowest BCUT2D eigenvalue weighted by molar-refractivity contribution is 0.0953. The molecule has 2 N–H and O–H groups in total. The largest absolute Gasteiger partial charge is 0.352 e. The minimum atomic E-state index is -3.63. The van der Waals surface area contributed by atoms with E-state index < -0.39 is 10.0 Å². The van der Waals surface area contributed by atoms with Gasteiger partial charge in [-0.2, -0.15) is 4.98 Å². The summed E-state index contributed by atoms with van der Waals surface area (Å²) in [6.07, 6.45) is 0.402. The Balaban J connectivity index is 2.14. The van der Waals surface area contributed by atoms with Gasteiger partial charge < -0.3 is 9.84 Å². The van der Waals surface area contributed by atoms with Gasteiger partial charge in [0.15, 0.2) is 5.82 Å². The number of aromatic nitrogens is 2. The highest BCUT2D eigenvalue weighted by Gasteiger charge is 2.19. The zero-order valence-electron chi connectivity index (χ0n) is 14.0. The summed E-state index contributed by atoms with van der Waals surface area (Å²) in [7, 11) is -2.29. The minimum absolute atomic E-state index is 0.0997. The van der Waals surface area contributed by atoms with Gasteiger partial charge in [0.25, 0.3) is 5.91 Å². The number of hydrogen-bond donors (Lipinski definition) is 2. The summed E-state index contributed by atoms with van der Waals surface area (Å²) in [5.41, 5.74) is 1.62. The number of carbonyl (C=O) groups excluding carboxylic acids is 1. The Labute approximate surface area is 140 Å². The fourth-order valence-electron chi connectivity index (χ4n) is 2.17. The molecule has 0 saturated heterocycles. The number of benzene rings is 1. The number of rotatable bonds is 6. The van der Waals surface area contributed by atoms with Gasteiger partial charge in [-0.25, -0.2) is 13.1 Å². The van der Waals surface area contributed by atoms with Crippen molar-refractivity contribution in [3.05, 3.63) is 40.5 Å². The van der Waals surface area contributed by atoms with E-state index in [0.717, 1.165) is 5.56 Å². The fraction of sp³-hybridized carbons (Fsp3) is 0.400. The number of nitrogens with one attached hydrogen (secondary N) is 2. The van der Waals surface area contributed by atoms with Crippen molar-refractivity contribution in [3.63, 3.8) is 0 Å². The third kappa shape index (κ3) is 3.98. The Bertz CT molecular complexity index is 858. The minimum Gasteiger partial charge on any atom is -0.352 e. The van der Waals surface area contributed by atoms with Crippen LogP contribution in [-0.2, 0) is 16.4 Å². The standard InChI is InChI=1S/C15H20N4O4S/c1-9-7-12(8-13(10(9)2)24(21,22)16-4)15(20)17-6-5-14-18-11(3)19-23-14/h7-8,16H,5-6H2,1-4H3,(H,17,20). The topological polar surface area (TPSA) is 114 Å². The van der Waals surface area contributed by atoms with Crippen LogP contribution in [0.4, 0.5) is 0 Å². The van der Waals surface area contributed by atoms with Crippen molar-refractivity contribution in [1.82, 2.24) is 20.2 Å². The summed E-state index contributed by atoms with van der Waals surface area (Å²) in [4.78, 5) is 16.4. The van der Waals surface area contributed by atoms with Gasteiger partial charge in [-0.15, -0.1) is 0 Å². The van der Waals surface area contributed by atoms with Crippen molar-refractivity contribution in [2.45, 2.75) is 32.1 Å². The van der Waals surface area contributed by atoms with Gasteiger partial charge >= 0.3 is 0 Å². The van der Waals surface area contributed by atoms with Gasteiger partial charge in [0, 0.05) is 18.5 Å². The Kier molecular flexibility index (Phi) is 5.35. The van der Waals surface area contributed by atoms with Gasteiger partial charge in [-0.3, -0.25) is 4.79 Å². The van der Waals surface area contributed by atoms with Crippen LogP contribution in [0.25, 0.3) is 0 Å². The third-order valence-corrected chi connectivity index (χ3v) is 5.17. The summed E-state index contributed by atoms with van der Waals surface area (Å²) >= 11 is 0. The van der Waals surface area contributed by atoms with Crippen LogP contribution in [0.15, 0.2) is 21.6 Å². The fourth-order valence-corrected chi connectivity index (χ4v) is 3.24. The van der Waals surface area contributed by atoms with Gasteiger partial charge in [0.1, 0.15) is 0 Å². The summed E-state index contributed by atoms with van der Waals surface area (Å²) < 4.78 is 31.4. The van der Waals surface area contributed by atoms with E-state index in [-0.39, 0.29) is 16.4 Å². The molecule has 0 unspecified atom stereocenters. The van der Waals surface area contributed by atoms with E-state index in [1.807, 2.05) is 0 Å². The van der Waals surface area contributed by atoms with E-state index in [0.29, 0.717) is 30.2 Å². The average Bonchev–Trinajstić information content (AvgIpc) is 2.94. The first-order valence-corrected chi connectivity index (χ1v) is 8.85. The number of hydrogen-bond acceptors (Lipinski definition) is 6. The van der Waals surface area contributed by atoms with Gasteiger partial charge in [0.2, 0.25) is 15.9 Å². The van der Waals surface area contributed by atoms with Crippen LogP contribution in [0, 0.1) is 20.8 Å². The lowest BCUT2D eigenvalue weighted by Gasteiger charge is -2.12. The van der Waals surface area contributed by atoms with E-state index in [1.54, 1.807) is 26.8 Å². The quantitative estimate of drug-likeness (QED) is 0.797. The first-order chi connectivity index (χ1) is 11.2. The van der Waals surface area contributed by atoms with Crippen LogP contribution in [0.1, 0.15) is 33.2 Å². The molecule has 1 heterocycles. The second kappa shape index (κ2) is 7.10. The summed E-state index contributed by atoms with van der Waals surface area (Å²) in [6, 6.07) is 3.04. The summed E-state index contributed by atoms with van der Waals surface area (Å²) in [5, 5.41) is 6.39. The maximum atomic E-state index is 12.3. The molecular formula is C15H20N4O4S. The molecule has 0 radical (unpaired) electrons. The van der Waals surface area contributed by atoms with Crippen LogP contribution in [-0.4, -0.2) is 38.1 Å². The van der Waals surface area contributed by atoms with Crippen molar-refractivity contribution in [1.29, 1.82) is 0 Å². The molecule has 8 nitrogen and oxygen atoms in total. The molecule has 130 valence electrons. The molecule has 1 amide bonds. The molecule has 2 rings (SSSR count). The molecule has 9 heteroatoms. The van der Waals surface area contributed by atoms with Gasteiger partial charge in [0.05, 0.1) is 4.90 Å². The number of sulfonamides is 1. The Morgan fingerprint density at radius 2 is 1.96 bits per heavy atom. The summed E-state index contributed by atoms with van der Waals surface area (Å²) in [6.45, 7) is 5.49. The molecular weight excluding hydrogens is 332 g/mol. The molecule has 0 aliphatic carbocycles. The van der Waals surface area contributed by atoms with Crippen LogP contribution in [0.3, 0.4) is 0 Å². The van der Waals surface area contributed by atoms with Crippen molar-refractivity contribution in [2.24, 2.45) is 0 Å². The lowest BCUT2D eigenvalue weighted by Crippen LogP contribution is -2.27. The lowest BCUT2D eigenvalue weighted by atomic mass is 10.1. The number of nitrogens with zero attached hydrogens (tertiary/aromatic N) is 2. The third-order valence-electron chi connectivity index (χ3n) is 3.63. The second-order valence-electron chi connectivity index (χ2n) is 5.37. The predicted molar refractivity (Wildman–Crippen MR) is 87.2 cm³/mol. The molecule has 2 aromatic rings. The van der Waals surface area contributed by atoms with Crippen molar-refractivity contribution >= 4 is 15.9 Å². The van der Waals surface area contributed by atoms with Crippen LogP contribution >= 0.6 is 0 Å². The molecule has 0 atom stereocenters. The normalized spacial score (nSPS) is 11.5. The van der Waals surface area contributed by atoms with Gasteiger partial charge in [-0.05, 0) is 51.1 Å². The van der Waals surface area contributed by atoms with Crippen molar-refractivity contribution < 1.29 is 17.7 Å². The molecule has 0 bridgehead atoms. The number of carbonyl (C=O) groups is 1. The molecule has 1 aromatic heterocycles. The molecule has 0 spiro atoms. The van der Waals surface area contributed by atoms with E-state index in [4.69, 9.17) is 4.52 Å². The Morgan fingerprint density at radius 1 is 1.25 bits per heavy atom. The van der Waals surface area contributed by atoms with Crippen molar-refractivity contribution in [3.8, 4) is 0 Å². The second-order valence-corrected chi connectivity index (χ2v) is 7.22. The predicted octanol–water partition coefficient (Wildman–Crippen LogP) is 0.875. The molecule has 24 heavy (non-hydrogen) atoms. The molecule has 0 aliphatic heterocycles. The highest BCUT2D eigenvalue weighted by atomic mass is 32.2. The van der Waals surface area contributed by atoms with Crippen molar-refractivity contribution in [2.75, 3.05) is 13.6 Å². The number of amides is 1. The zero-order chi connectivity index (χ0) is 17.9. The highest BCUT2D eigenvalue weighted by Crippen LogP contribution is 2.21. The molecule has 0 saturated carbocycles. The van der Waals surface area contributed by atoms with Gasteiger partial charge in [-0.1, -0.05) is 5.16 Å². The van der Waals surface area contributed by atoms with Crippen LogP contribution < -0.4 is 10.0 Å². The number of aryl methyl sites for hydroxylation is 2. The summed E-state index contributed by atoms with van der Waals surface area (Å²) in [5.74, 6) is 0.612. The first kappa shape index (κ1) is 18.1. The maximum absolute atomic E-state index is 12.3. The SMILES string of the molecule is CNS(=O)(=O)c1cc(C(=O)NCCc2nc(C)no2)cc(C)c1C. The molecule has 0 aliphatic rings. The monoisotopic (exact) mass is 352 g/mol. The molecule has 1 aromatic carbocycles. The van der Waals surface area contributed by atoms with Crippen LogP contribution in [0.2, 0.25) is 0 Å². The average molecular weight is 352 g/mol. The van der Waals surface area contributed by atoms with E-state index in [9.17, 15) is 13.2 Å². The Hall–Kier alpha value is -2.26. The van der Waals surface area contributed by atoms with E-state index in [1.165, 1.54) is 13.1 Å². The molecule has 0 fully saturated rings. The van der Waals surface area contributed by atoms with E-state index in [2.05, 4.69) is 20.2 Å². The highest BCUT2D eigenvalue weighted by molar-refractivity contribution is 7.89. The maximum Gasteiger partial charge on any atom is 0.251 e.